The van der Waals surface area contributed by atoms with E-state index in [0.717, 1.165) is 35.9 Å². The lowest BCUT2D eigenvalue weighted by Crippen LogP contribution is -2.34. The van der Waals surface area contributed by atoms with Crippen LogP contribution in [-0.4, -0.2) is 26.1 Å². The molecule has 0 spiro atoms. The van der Waals surface area contributed by atoms with E-state index in [1.54, 1.807) is 12.4 Å². The number of hydrogen-bond acceptors (Lipinski definition) is 4. The minimum atomic E-state index is 0.762. The highest BCUT2D eigenvalue weighted by Gasteiger charge is 2.18. The average Bonchev–Trinajstić information content (AvgIpc) is 2.77. The largest absolute Gasteiger partial charge is 0.332 e. The normalized spacial score (nSPS) is 14.9. The maximum Gasteiger partial charge on any atom is 0.225 e. The molecule has 3 rings (SSSR count). The minimum absolute atomic E-state index is 0.762. The fraction of sp³-hybridized carbons (Fsp3) is 0.300. The van der Waals surface area contributed by atoms with Crippen LogP contribution in [0.15, 0.2) is 29.3 Å². The zero-order valence-electron chi connectivity index (χ0n) is 8.54. The van der Waals surface area contributed by atoms with Crippen molar-refractivity contribution in [1.29, 1.82) is 0 Å². The smallest absolute Gasteiger partial charge is 0.225 e. The lowest BCUT2D eigenvalue weighted by Gasteiger charge is -2.27. The molecule has 0 fully saturated rings. The Bertz CT molecular complexity index is 492. The van der Waals surface area contributed by atoms with Crippen LogP contribution in [0.1, 0.15) is 5.82 Å². The molecule has 0 N–H and O–H groups in total. The molecule has 2 aromatic rings. The molecule has 0 unspecified atom stereocenters. The van der Waals surface area contributed by atoms with Gasteiger partial charge in [0.25, 0.3) is 0 Å². The Morgan fingerprint density at radius 2 is 1.94 bits per heavy atom. The van der Waals surface area contributed by atoms with E-state index in [-0.39, 0.29) is 0 Å². The topological polar surface area (TPSA) is 46.8 Å². The summed E-state index contributed by atoms with van der Waals surface area (Å²) in [6, 6.07) is 0. The number of aromatic nitrogens is 4. The van der Waals surface area contributed by atoms with Gasteiger partial charge in [-0.1, -0.05) is 0 Å². The van der Waals surface area contributed by atoms with Gasteiger partial charge in [0, 0.05) is 37.9 Å². The molecule has 0 radical (unpaired) electrons. The summed E-state index contributed by atoms with van der Waals surface area (Å²) >= 11 is 3.33. The summed E-state index contributed by atoms with van der Waals surface area (Å²) in [6.07, 6.45) is 7.38. The van der Waals surface area contributed by atoms with Gasteiger partial charge in [0.05, 0.1) is 11.0 Å². The third-order valence-electron chi connectivity index (χ3n) is 2.63. The molecule has 3 heterocycles. The zero-order valence-corrected chi connectivity index (χ0v) is 10.1. The molecule has 0 aromatic carbocycles. The summed E-state index contributed by atoms with van der Waals surface area (Å²) in [5.74, 6) is 1.83. The SMILES string of the molecule is Brc1cnc(N2CCn3ccnc3C2)nc1. The molecule has 0 saturated carbocycles. The highest BCUT2D eigenvalue weighted by atomic mass is 79.9. The van der Waals surface area contributed by atoms with Crippen molar-refractivity contribution in [3.8, 4) is 0 Å². The second kappa shape index (κ2) is 3.86. The van der Waals surface area contributed by atoms with Gasteiger partial charge >= 0.3 is 0 Å². The van der Waals surface area contributed by atoms with Crippen LogP contribution in [0.25, 0.3) is 0 Å². The van der Waals surface area contributed by atoms with Gasteiger partial charge in [-0.05, 0) is 15.9 Å². The van der Waals surface area contributed by atoms with Crippen LogP contribution in [-0.2, 0) is 13.1 Å². The molecule has 1 aliphatic rings. The average molecular weight is 280 g/mol. The van der Waals surface area contributed by atoms with E-state index in [2.05, 4.69) is 40.3 Å². The number of imidazole rings is 1. The van der Waals surface area contributed by atoms with Crippen LogP contribution in [0.3, 0.4) is 0 Å². The molecule has 0 atom stereocenters. The van der Waals surface area contributed by atoms with Crippen LogP contribution < -0.4 is 4.90 Å². The highest BCUT2D eigenvalue weighted by Crippen LogP contribution is 2.16. The Kier molecular flexibility index (Phi) is 2.36. The van der Waals surface area contributed by atoms with E-state index < -0.39 is 0 Å². The first-order valence-electron chi connectivity index (χ1n) is 5.05. The third kappa shape index (κ3) is 1.69. The number of halogens is 1. The van der Waals surface area contributed by atoms with Crippen LogP contribution in [0.5, 0.6) is 0 Å². The van der Waals surface area contributed by atoms with E-state index in [9.17, 15) is 0 Å². The molecule has 0 aliphatic carbocycles. The maximum atomic E-state index is 4.31. The van der Waals surface area contributed by atoms with Crippen molar-refractivity contribution in [2.45, 2.75) is 13.1 Å². The number of anilines is 1. The monoisotopic (exact) mass is 279 g/mol. The van der Waals surface area contributed by atoms with Gasteiger partial charge < -0.3 is 9.47 Å². The number of rotatable bonds is 1. The first-order chi connectivity index (χ1) is 7.83. The summed E-state index contributed by atoms with van der Waals surface area (Å²) in [4.78, 5) is 15.0. The predicted molar refractivity (Wildman–Crippen MR) is 63.0 cm³/mol. The van der Waals surface area contributed by atoms with E-state index in [4.69, 9.17) is 0 Å². The van der Waals surface area contributed by atoms with Gasteiger partial charge in [0.15, 0.2) is 0 Å². The molecule has 2 aromatic heterocycles. The van der Waals surface area contributed by atoms with Gasteiger partial charge in [-0.15, -0.1) is 0 Å². The molecule has 0 amide bonds. The van der Waals surface area contributed by atoms with Gasteiger partial charge in [-0.2, -0.15) is 0 Å². The standard InChI is InChI=1S/C10H10BrN5/c11-8-5-13-10(14-6-8)16-4-3-15-2-1-12-9(15)7-16/h1-2,5-6H,3-4,7H2. The Morgan fingerprint density at radius 3 is 2.75 bits per heavy atom. The van der Waals surface area contributed by atoms with E-state index >= 15 is 0 Å². The number of nitrogens with zero attached hydrogens (tertiary/aromatic N) is 5. The minimum Gasteiger partial charge on any atom is -0.332 e. The van der Waals surface area contributed by atoms with Gasteiger partial charge in [0.2, 0.25) is 5.95 Å². The van der Waals surface area contributed by atoms with Gasteiger partial charge in [-0.25, -0.2) is 15.0 Å². The fourth-order valence-electron chi connectivity index (χ4n) is 1.81. The van der Waals surface area contributed by atoms with Crippen LogP contribution >= 0.6 is 15.9 Å². The predicted octanol–water partition coefficient (Wildman–Crippen LogP) is 1.46. The van der Waals surface area contributed by atoms with Gasteiger partial charge in [0.1, 0.15) is 5.82 Å². The zero-order chi connectivity index (χ0) is 11.0. The van der Waals surface area contributed by atoms with Gasteiger partial charge in [-0.3, -0.25) is 0 Å². The van der Waals surface area contributed by atoms with Crippen molar-refractivity contribution in [1.82, 2.24) is 19.5 Å². The molecule has 82 valence electrons. The third-order valence-corrected chi connectivity index (χ3v) is 3.04. The molecular formula is C10H10BrN5. The molecule has 0 saturated heterocycles. The summed E-state index contributed by atoms with van der Waals surface area (Å²) in [5, 5.41) is 0. The summed E-state index contributed by atoms with van der Waals surface area (Å²) in [7, 11) is 0. The van der Waals surface area contributed by atoms with Crippen molar-refractivity contribution in [3.63, 3.8) is 0 Å². The number of hydrogen-bond donors (Lipinski definition) is 0. The molecule has 0 bridgehead atoms. The second-order valence-corrected chi connectivity index (χ2v) is 4.58. The Balaban J connectivity index is 1.86. The second-order valence-electron chi connectivity index (χ2n) is 3.66. The van der Waals surface area contributed by atoms with Crippen LogP contribution in [0, 0.1) is 0 Å². The quantitative estimate of drug-likeness (QED) is 0.793. The summed E-state index contributed by atoms with van der Waals surface area (Å²) < 4.78 is 3.06. The maximum absolute atomic E-state index is 4.31. The first kappa shape index (κ1) is 9.77. The molecule has 16 heavy (non-hydrogen) atoms. The van der Waals surface area contributed by atoms with E-state index in [0.29, 0.717) is 0 Å². The first-order valence-corrected chi connectivity index (χ1v) is 5.85. The van der Waals surface area contributed by atoms with E-state index in [1.165, 1.54) is 0 Å². The summed E-state index contributed by atoms with van der Waals surface area (Å²) in [5.41, 5.74) is 0. The van der Waals surface area contributed by atoms with Crippen LogP contribution in [0.4, 0.5) is 5.95 Å². The highest BCUT2D eigenvalue weighted by molar-refractivity contribution is 9.10. The van der Waals surface area contributed by atoms with Crippen LogP contribution in [0.2, 0.25) is 0 Å². The molecular weight excluding hydrogens is 270 g/mol. The lowest BCUT2D eigenvalue weighted by atomic mass is 10.4. The molecule has 6 heteroatoms. The van der Waals surface area contributed by atoms with Crippen molar-refractivity contribution in [2.75, 3.05) is 11.4 Å². The lowest BCUT2D eigenvalue weighted by molar-refractivity contribution is 0.551. The fourth-order valence-corrected chi connectivity index (χ4v) is 2.02. The van der Waals surface area contributed by atoms with Crippen molar-refractivity contribution >= 4 is 21.9 Å². The molecule has 1 aliphatic heterocycles. The van der Waals surface area contributed by atoms with Crippen molar-refractivity contribution < 1.29 is 0 Å². The van der Waals surface area contributed by atoms with Crippen molar-refractivity contribution in [2.24, 2.45) is 0 Å². The summed E-state index contributed by atoms with van der Waals surface area (Å²) in [6.45, 7) is 2.63. The Labute approximate surface area is 101 Å². The number of fused-ring (bicyclic) bond motifs is 1. The van der Waals surface area contributed by atoms with E-state index in [1.807, 2.05) is 12.4 Å². The van der Waals surface area contributed by atoms with Crippen molar-refractivity contribution in [3.05, 3.63) is 35.1 Å². The Hall–Kier alpha value is -1.43. The Morgan fingerprint density at radius 1 is 1.12 bits per heavy atom. The molecule has 5 nitrogen and oxygen atoms in total.